The van der Waals surface area contributed by atoms with E-state index in [0.717, 1.165) is 21.6 Å². The molecular formula is C17H16F3N3S. The smallest absolute Gasteiger partial charge is 0.350 e. The van der Waals surface area contributed by atoms with E-state index in [1.165, 1.54) is 12.1 Å². The number of benzene rings is 1. The molecule has 0 saturated carbocycles. The van der Waals surface area contributed by atoms with Gasteiger partial charge in [0, 0.05) is 32.5 Å². The summed E-state index contributed by atoms with van der Waals surface area (Å²) in [6.45, 7) is 0.883. The Hall–Kier alpha value is -2.12. The summed E-state index contributed by atoms with van der Waals surface area (Å²) < 4.78 is 40.1. The fourth-order valence-electron chi connectivity index (χ4n) is 2.40. The molecule has 3 nitrogen and oxygen atoms in total. The summed E-state index contributed by atoms with van der Waals surface area (Å²) in [6, 6.07) is 9.35. The molecular weight excluding hydrogens is 335 g/mol. The molecule has 0 bridgehead atoms. The molecule has 0 amide bonds. The number of hydrogen-bond donors (Lipinski definition) is 1. The first-order chi connectivity index (χ1) is 11.4. The van der Waals surface area contributed by atoms with Crippen molar-refractivity contribution in [2.75, 3.05) is 0 Å². The van der Waals surface area contributed by atoms with Gasteiger partial charge in [-0.1, -0.05) is 18.2 Å². The Labute approximate surface area is 141 Å². The van der Waals surface area contributed by atoms with Gasteiger partial charge in [0.05, 0.1) is 16.1 Å². The summed E-state index contributed by atoms with van der Waals surface area (Å²) in [5, 5.41) is 4.04. The van der Waals surface area contributed by atoms with E-state index >= 15 is 0 Å². The third kappa shape index (κ3) is 3.85. The van der Waals surface area contributed by atoms with Crippen LogP contribution in [0.4, 0.5) is 13.2 Å². The van der Waals surface area contributed by atoms with Crippen molar-refractivity contribution in [1.29, 1.82) is 0 Å². The zero-order valence-electron chi connectivity index (χ0n) is 13.0. The number of aromatic nitrogens is 2. The highest BCUT2D eigenvalue weighted by molar-refractivity contribution is 7.15. The maximum Gasteiger partial charge on any atom is 0.416 e. The number of alkyl halides is 3. The van der Waals surface area contributed by atoms with E-state index in [-0.39, 0.29) is 0 Å². The Bertz CT molecular complexity index is 820. The van der Waals surface area contributed by atoms with Gasteiger partial charge in [0.2, 0.25) is 0 Å². The van der Waals surface area contributed by atoms with Crippen LogP contribution in [-0.2, 0) is 26.3 Å². The summed E-state index contributed by atoms with van der Waals surface area (Å²) in [7, 11) is 1.97. The van der Waals surface area contributed by atoms with Gasteiger partial charge in [-0.3, -0.25) is 0 Å². The number of nitrogens with one attached hydrogen (secondary N) is 1. The van der Waals surface area contributed by atoms with E-state index in [9.17, 15) is 13.2 Å². The highest BCUT2D eigenvalue weighted by Crippen LogP contribution is 2.29. The van der Waals surface area contributed by atoms with Gasteiger partial charge in [-0.15, -0.1) is 11.3 Å². The van der Waals surface area contributed by atoms with Crippen molar-refractivity contribution in [2.45, 2.75) is 19.3 Å². The number of rotatable bonds is 5. The number of aryl methyl sites for hydroxylation is 1. The molecule has 1 N–H and O–H groups in total. The summed E-state index contributed by atoms with van der Waals surface area (Å²) in [4.78, 5) is 5.43. The molecule has 126 valence electrons. The predicted molar refractivity (Wildman–Crippen MR) is 88.5 cm³/mol. The highest BCUT2D eigenvalue weighted by Gasteiger charge is 2.30. The molecule has 24 heavy (non-hydrogen) atoms. The lowest BCUT2D eigenvalue weighted by Crippen LogP contribution is -2.13. The maximum absolute atomic E-state index is 12.7. The molecule has 3 aromatic rings. The van der Waals surface area contributed by atoms with Crippen molar-refractivity contribution in [3.63, 3.8) is 0 Å². The normalized spacial score (nSPS) is 11.8. The summed E-state index contributed by atoms with van der Waals surface area (Å²) in [5.74, 6) is 0. The fraction of sp³-hybridized carbons (Fsp3) is 0.235. The van der Waals surface area contributed by atoms with Gasteiger partial charge >= 0.3 is 6.18 Å². The molecule has 1 aromatic carbocycles. The number of hydrogen-bond acceptors (Lipinski definition) is 3. The third-order valence-corrected chi connectivity index (χ3v) is 4.63. The van der Waals surface area contributed by atoms with Crippen LogP contribution in [0.15, 0.2) is 48.8 Å². The van der Waals surface area contributed by atoms with Crippen molar-refractivity contribution in [1.82, 2.24) is 14.9 Å². The molecule has 2 aromatic heterocycles. The Kier molecular flexibility index (Phi) is 4.73. The van der Waals surface area contributed by atoms with Crippen molar-refractivity contribution < 1.29 is 13.2 Å². The molecule has 0 aliphatic heterocycles. The zero-order valence-corrected chi connectivity index (χ0v) is 13.8. The minimum absolute atomic E-state index is 0.364. The Morgan fingerprint density at radius 3 is 2.71 bits per heavy atom. The number of nitrogens with zero attached hydrogens (tertiary/aromatic N) is 2. The van der Waals surface area contributed by atoms with Crippen molar-refractivity contribution in [3.8, 4) is 10.6 Å². The SMILES string of the molecule is Cn1cccc1-c1cnc(CNCc2cccc(C(F)(F)F)c2)s1. The molecule has 0 spiro atoms. The lowest BCUT2D eigenvalue weighted by molar-refractivity contribution is -0.137. The Balaban J connectivity index is 1.60. The van der Waals surface area contributed by atoms with Gasteiger partial charge < -0.3 is 9.88 Å². The molecule has 0 unspecified atom stereocenters. The molecule has 0 radical (unpaired) electrons. The lowest BCUT2D eigenvalue weighted by atomic mass is 10.1. The zero-order chi connectivity index (χ0) is 17.2. The van der Waals surface area contributed by atoms with E-state index in [0.29, 0.717) is 18.7 Å². The first-order valence-electron chi connectivity index (χ1n) is 7.37. The van der Waals surface area contributed by atoms with Crippen LogP contribution in [-0.4, -0.2) is 9.55 Å². The quantitative estimate of drug-likeness (QED) is 0.736. The second-order valence-electron chi connectivity index (χ2n) is 5.42. The largest absolute Gasteiger partial charge is 0.416 e. The number of halogens is 3. The van der Waals surface area contributed by atoms with Gasteiger partial charge in [-0.05, 0) is 23.8 Å². The van der Waals surface area contributed by atoms with Crippen LogP contribution in [0.2, 0.25) is 0 Å². The van der Waals surface area contributed by atoms with E-state index in [1.54, 1.807) is 17.4 Å². The third-order valence-electron chi connectivity index (χ3n) is 3.61. The minimum Gasteiger partial charge on any atom is -0.350 e. The molecule has 3 rings (SSSR count). The lowest BCUT2D eigenvalue weighted by Gasteiger charge is -2.09. The topological polar surface area (TPSA) is 29.9 Å². The van der Waals surface area contributed by atoms with Gasteiger partial charge in [0.15, 0.2) is 0 Å². The maximum atomic E-state index is 12.7. The first-order valence-corrected chi connectivity index (χ1v) is 8.18. The average molecular weight is 351 g/mol. The van der Waals surface area contributed by atoms with Gasteiger partial charge in [0.1, 0.15) is 5.01 Å². The van der Waals surface area contributed by atoms with Crippen molar-refractivity contribution in [2.24, 2.45) is 7.05 Å². The number of thiazole rings is 1. The Morgan fingerprint density at radius 2 is 2.00 bits per heavy atom. The highest BCUT2D eigenvalue weighted by atomic mass is 32.1. The van der Waals surface area contributed by atoms with Gasteiger partial charge in [-0.25, -0.2) is 4.98 Å². The van der Waals surface area contributed by atoms with E-state index in [1.807, 2.05) is 36.1 Å². The molecule has 2 heterocycles. The van der Waals surface area contributed by atoms with E-state index < -0.39 is 11.7 Å². The van der Waals surface area contributed by atoms with Crippen LogP contribution in [0.5, 0.6) is 0 Å². The average Bonchev–Trinajstić information content (AvgIpc) is 3.15. The summed E-state index contributed by atoms with van der Waals surface area (Å²) >= 11 is 1.57. The predicted octanol–water partition coefficient (Wildman–Crippen LogP) is 4.46. The second kappa shape index (κ2) is 6.78. The summed E-state index contributed by atoms with van der Waals surface area (Å²) in [5.41, 5.74) is 1.07. The van der Waals surface area contributed by atoms with Crippen molar-refractivity contribution in [3.05, 3.63) is 64.9 Å². The second-order valence-corrected chi connectivity index (χ2v) is 6.54. The first kappa shape index (κ1) is 16.7. The van der Waals surface area contributed by atoms with Crippen LogP contribution < -0.4 is 5.32 Å². The van der Waals surface area contributed by atoms with Gasteiger partial charge in [0.25, 0.3) is 0 Å². The van der Waals surface area contributed by atoms with Gasteiger partial charge in [-0.2, -0.15) is 13.2 Å². The molecule has 0 fully saturated rings. The van der Waals surface area contributed by atoms with Crippen LogP contribution in [0.25, 0.3) is 10.6 Å². The molecule has 0 atom stereocenters. The van der Waals surface area contributed by atoms with Crippen LogP contribution >= 0.6 is 11.3 Å². The van der Waals surface area contributed by atoms with Crippen molar-refractivity contribution >= 4 is 11.3 Å². The van der Waals surface area contributed by atoms with E-state index in [4.69, 9.17) is 0 Å². The Morgan fingerprint density at radius 1 is 1.17 bits per heavy atom. The molecule has 0 aliphatic carbocycles. The van der Waals surface area contributed by atoms with Crippen LogP contribution in [0.3, 0.4) is 0 Å². The molecule has 0 aliphatic rings. The van der Waals surface area contributed by atoms with E-state index in [2.05, 4.69) is 10.3 Å². The molecule has 7 heteroatoms. The monoisotopic (exact) mass is 351 g/mol. The molecule has 0 saturated heterocycles. The summed E-state index contributed by atoms with van der Waals surface area (Å²) in [6.07, 6.45) is -0.517. The fourth-order valence-corrected chi connectivity index (χ4v) is 3.35. The minimum atomic E-state index is -4.31. The van der Waals surface area contributed by atoms with Crippen LogP contribution in [0.1, 0.15) is 16.1 Å². The van der Waals surface area contributed by atoms with Crippen LogP contribution in [0, 0.1) is 0 Å². The standard InChI is InChI=1S/C17H16F3N3S/c1-23-7-3-6-14(23)15-10-22-16(24-15)11-21-9-12-4-2-5-13(8-12)17(18,19)20/h2-8,10,21H,9,11H2,1H3.